The van der Waals surface area contributed by atoms with Crippen LogP contribution < -0.4 is 10.5 Å². The summed E-state index contributed by atoms with van der Waals surface area (Å²) >= 11 is 0. The molecule has 5 nitrogen and oxygen atoms in total. The molecule has 2 aromatic rings. The van der Waals surface area contributed by atoms with E-state index in [1.54, 1.807) is 36.4 Å². The van der Waals surface area contributed by atoms with Crippen LogP contribution in [-0.4, -0.2) is 13.0 Å². The van der Waals surface area contributed by atoms with E-state index in [0.717, 1.165) is 11.1 Å². The fraction of sp³-hybridized carbons (Fsp3) is 0. The van der Waals surface area contributed by atoms with Gasteiger partial charge >= 0.3 is 10.3 Å². The highest BCUT2D eigenvalue weighted by Crippen LogP contribution is 2.22. The zero-order chi connectivity index (χ0) is 13.2. The van der Waals surface area contributed by atoms with Gasteiger partial charge in [0.25, 0.3) is 0 Å². The predicted octanol–water partition coefficient (Wildman–Crippen LogP) is 2.15. The minimum Gasteiger partial charge on any atom is -0.399 e. The van der Waals surface area contributed by atoms with Crippen LogP contribution in [0.3, 0.4) is 0 Å². The first kappa shape index (κ1) is 12.4. The smallest absolute Gasteiger partial charge is 0.357 e. The monoisotopic (exact) mass is 264 g/mol. The largest absolute Gasteiger partial charge is 0.399 e. The van der Waals surface area contributed by atoms with Gasteiger partial charge in [0.2, 0.25) is 0 Å². The predicted molar refractivity (Wildman–Crippen MR) is 71.5 cm³/mol. The molecule has 0 aromatic heterocycles. The van der Waals surface area contributed by atoms with Crippen molar-refractivity contribution in [3.63, 3.8) is 0 Å². The lowest BCUT2D eigenvalue weighted by Crippen LogP contribution is -2.09. The van der Waals surface area contributed by atoms with Gasteiger partial charge in [-0.05, 0) is 35.4 Å². The second-order valence-electron chi connectivity index (χ2n) is 3.78. The molecular weight excluding hydrogens is 252 g/mol. The van der Waals surface area contributed by atoms with Crippen LogP contribution in [0.2, 0.25) is 0 Å². The summed E-state index contributed by atoms with van der Waals surface area (Å²) in [7, 11) is -4.23. The van der Waals surface area contributed by atoms with Crippen molar-refractivity contribution in [1.29, 1.82) is 0 Å². The molecule has 2 rings (SSSR count). The minimum atomic E-state index is -4.23. The van der Waals surface area contributed by atoms with Crippen molar-refractivity contribution in [2.75, 3.05) is 10.5 Å². The van der Waals surface area contributed by atoms with Crippen LogP contribution in [0.1, 0.15) is 0 Å². The van der Waals surface area contributed by atoms with Crippen LogP contribution in [0.25, 0.3) is 11.1 Å². The van der Waals surface area contributed by atoms with Gasteiger partial charge < -0.3 is 5.73 Å². The molecule has 0 aliphatic rings. The van der Waals surface area contributed by atoms with Crippen molar-refractivity contribution in [1.82, 2.24) is 0 Å². The third kappa shape index (κ3) is 3.22. The fourth-order valence-corrected chi connectivity index (χ4v) is 1.99. The molecule has 0 aliphatic carbocycles. The molecule has 6 heteroatoms. The number of anilines is 2. The Kier molecular flexibility index (Phi) is 3.22. The third-order valence-corrected chi connectivity index (χ3v) is 2.87. The van der Waals surface area contributed by atoms with E-state index in [4.69, 9.17) is 10.3 Å². The first-order chi connectivity index (χ1) is 8.44. The number of nitrogen functional groups attached to an aromatic ring is 1. The summed E-state index contributed by atoms with van der Waals surface area (Å²) in [6.45, 7) is 0. The topological polar surface area (TPSA) is 92.4 Å². The average molecular weight is 264 g/mol. The van der Waals surface area contributed by atoms with E-state index in [-0.39, 0.29) is 0 Å². The second-order valence-corrected chi connectivity index (χ2v) is 4.93. The summed E-state index contributed by atoms with van der Waals surface area (Å²) in [6, 6.07) is 14.0. The molecule has 0 radical (unpaired) electrons. The molecule has 2 aromatic carbocycles. The lowest BCUT2D eigenvalue weighted by Gasteiger charge is -2.05. The first-order valence-corrected chi connectivity index (χ1v) is 6.59. The summed E-state index contributed by atoms with van der Waals surface area (Å²) in [5.41, 5.74) is 8.48. The number of nitrogens with two attached hydrogens (primary N) is 1. The highest BCUT2D eigenvalue weighted by atomic mass is 32.2. The van der Waals surface area contributed by atoms with Gasteiger partial charge in [-0.3, -0.25) is 9.27 Å². The maximum atomic E-state index is 10.6. The zero-order valence-electron chi connectivity index (χ0n) is 9.37. The Bertz CT molecular complexity index is 634. The third-order valence-electron chi connectivity index (χ3n) is 2.38. The second kappa shape index (κ2) is 4.67. The summed E-state index contributed by atoms with van der Waals surface area (Å²) in [4.78, 5) is 0. The maximum absolute atomic E-state index is 10.6. The summed E-state index contributed by atoms with van der Waals surface area (Å²) in [6.07, 6.45) is 0. The van der Waals surface area contributed by atoms with Crippen LogP contribution in [0, 0.1) is 0 Å². The van der Waals surface area contributed by atoms with E-state index < -0.39 is 10.3 Å². The van der Waals surface area contributed by atoms with Crippen LogP contribution in [-0.2, 0) is 10.3 Å². The normalized spacial score (nSPS) is 11.2. The lowest BCUT2D eigenvalue weighted by atomic mass is 10.1. The first-order valence-electron chi connectivity index (χ1n) is 5.15. The van der Waals surface area contributed by atoms with Gasteiger partial charge in [0, 0.05) is 5.69 Å². The van der Waals surface area contributed by atoms with E-state index in [1.165, 1.54) is 0 Å². The van der Waals surface area contributed by atoms with E-state index in [9.17, 15) is 8.42 Å². The Morgan fingerprint density at radius 2 is 1.33 bits per heavy atom. The van der Waals surface area contributed by atoms with Gasteiger partial charge in [-0.25, -0.2) is 0 Å². The quantitative estimate of drug-likeness (QED) is 0.585. The molecule has 0 atom stereocenters. The van der Waals surface area contributed by atoms with Gasteiger partial charge in [0.15, 0.2) is 0 Å². The molecule has 94 valence electrons. The van der Waals surface area contributed by atoms with Crippen molar-refractivity contribution >= 4 is 21.7 Å². The van der Waals surface area contributed by atoms with E-state index >= 15 is 0 Å². The van der Waals surface area contributed by atoms with Gasteiger partial charge in [-0.15, -0.1) is 0 Å². The number of hydrogen-bond donors (Lipinski definition) is 3. The number of rotatable bonds is 3. The highest BCUT2D eigenvalue weighted by molar-refractivity contribution is 7.87. The van der Waals surface area contributed by atoms with Crippen molar-refractivity contribution < 1.29 is 13.0 Å². The van der Waals surface area contributed by atoms with Crippen LogP contribution in [0.15, 0.2) is 48.5 Å². The number of benzene rings is 2. The Morgan fingerprint density at radius 3 is 1.78 bits per heavy atom. The van der Waals surface area contributed by atoms with Gasteiger partial charge in [0.05, 0.1) is 5.69 Å². The van der Waals surface area contributed by atoms with Crippen LogP contribution >= 0.6 is 0 Å². The average Bonchev–Trinajstić information content (AvgIpc) is 2.29. The molecule has 0 bridgehead atoms. The Morgan fingerprint density at radius 1 is 0.889 bits per heavy atom. The lowest BCUT2D eigenvalue weighted by molar-refractivity contribution is 0.490. The summed E-state index contributed by atoms with van der Waals surface area (Å²) < 4.78 is 31.9. The molecule has 4 N–H and O–H groups in total. The molecule has 18 heavy (non-hydrogen) atoms. The fourth-order valence-electron chi connectivity index (χ4n) is 1.56. The molecule has 0 fully saturated rings. The zero-order valence-corrected chi connectivity index (χ0v) is 10.2. The Balaban J connectivity index is 2.25. The maximum Gasteiger partial charge on any atom is 0.357 e. The van der Waals surface area contributed by atoms with Crippen LogP contribution in [0.4, 0.5) is 11.4 Å². The Hall–Kier alpha value is -2.05. The number of hydrogen-bond acceptors (Lipinski definition) is 3. The van der Waals surface area contributed by atoms with Gasteiger partial charge in [-0.1, -0.05) is 24.3 Å². The molecule has 0 saturated heterocycles. The van der Waals surface area contributed by atoms with Crippen LogP contribution in [0.5, 0.6) is 0 Å². The summed E-state index contributed by atoms with van der Waals surface area (Å²) in [5, 5.41) is 0. The SMILES string of the molecule is Nc1ccc(-c2ccc(NS(=O)(=O)O)cc2)cc1. The van der Waals surface area contributed by atoms with Crippen molar-refractivity contribution in [3.8, 4) is 11.1 Å². The number of nitrogens with one attached hydrogen (secondary N) is 1. The Labute approximate surface area is 105 Å². The molecule has 0 unspecified atom stereocenters. The summed E-state index contributed by atoms with van der Waals surface area (Å²) in [5.74, 6) is 0. The molecule has 0 heterocycles. The highest BCUT2D eigenvalue weighted by Gasteiger charge is 2.04. The van der Waals surface area contributed by atoms with Gasteiger partial charge in [0.1, 0.15) is 0 Å². The molecule has 0 saturated carbocycles. The van der Waals surface area contributed by atoms with E-state index in [2.05, 4.69) is 0 Å². The molecule has 0 aliphatic heterocycles. The molecular formula is C12H12N2O3S. The molecule has 0 amide bonds. The van der Waals surface area contributed by atoms with Gasteiger partial charge in [-0.2, -0.15) is 8.42 Å². The van der Waals surface area contributed by atoms with Crippen molar-refractivity contribution in [2.24, 2.45) is 0 Å². The standard InChI is InChI=1S/C12H12N2O3S/c13-11-5-1-9(2-6-11)10-3-7-12(8-4-10)14-18(15,16)17/h1-8,14H,13H2,(H,15,16,17). The van der Waals surface area contributed by atoms with E-state index in [1.807, 2.05) is 16.9 Å². The minimum absolute atomic E-state index is 0.302. The van der Waals surface area contributed by atoms with E-state index in [0.29, 0.717) is 11.4 Å². The molecule has 0 spiro atoms. The van der Waals surface area contributed by atoms with Crippen molar-refractivity contribution in [2.45, 2.75) is 0 Å². The van der Waals surface area contributed by atoms with Crippen molar-refractivity contribution in [3.05, 3.63) is 48.5 Å².